The van der Waals surface area contributed by atoms with Crippen molar-refractivity contribution in [2.45, 2.75) is 12.5 Å². The Morgan fingerprint density at radius 3 is 2.44 bits per heavy atom. The van der Waals surface area contributed by atoms with E-state index in [1.54, 1.807) is 0 Å². The smallest absolute Gasteiger partial charge is 0.0737 e. The van der Waals surface area contributed by atoms with Gasteiger partial charge in [0.05, 0.1) is 11.4 Å². The first-order chi connectivity index (χ1) is 7.92. The zero-order valence-corrected chi connectivity index (χ0v) is 9.01. The molecule has 1 aliphatic rings. The van der Waals surface area contributed by atoms with Gasteiger partial charge >= 0.3 is 0 Å². The molecule has 2 aromatic rings. The molecule has 2 aromatic carbocycles. The third-order valence-electron chi connectivity index (χ3n) is 2.90. The van der Waals surface area contributed by atoms with E-state index in [9.17, 15) is 0 Å². The van der Waals surface area contributed by atoms with Crippen molar-refractivity contribution in [2.24, 2.45) is 4.99 Å². The Morgan fingerprint density at radius 1 is 0.875 bits per heavy atom. The normalized spacial score (nSPS) is 17.4. The Balaban J connectivity index is 1.89. The summed E-state index contributed by atoms with van der Waals surface area (Å²) in [6.07, 6.45) is 3.25. The summed E-state index contributed by atoms with van der Waals surface area (Å²) in [6, 6.07) is 19.2. The lowest BCUT2D eigenvalue weighted by molar-refractivity contribution is 0.839. The summed E-state index contributed by atoms with van der Waals surface area (Å²) in [5.41, 5.74) is 1.35. The van der Waals surface area contributed by atoms with Gasteiger partial charge in [0.15, 0.2) is 0 Å². The van der Waals surface area contributed by atoms with Crippen LogP contribution in [-0.2, 0) is 6.42 Å². The van der Waals surface area contributed by atoms with Gasteiger partial charge in [-0.1, -0.05) is 54.6 Å². The summed E-state index contributed by atoms with van der Waals surface area (Å²) in [7, 11) is 0. The van der Waals surface area contributed by atoms with Gasteiger partial charge in [-0.2, -0.15) is 0 Å². The van der Waals surface area contributed by atoms with E-state index >= 15 is 0 Å². The first-order valence-electron chi connectivity index (χ1n) is 5.60. The van der Waals surface area contributed by atoms with E-state index < -0.39 is 0 Å². The zero-order chi connectivity index (χ0) is 10.8. The van der Waals surface area contributed by atoms with E-state index in [2.05, 4.69) is 48.5 Å². The van der Waals surface area contributed by atoms with Crippen LogP contribution in [0.2, 0.25) is 0 Å². The quantitative estimate of drug-likeness (QED) is 0.711. The van der Waals surface area contributed by atoms with Crippen molar-refractivity contribution in [2.75, 3.05) is 0 Å². The highest BCUT2D eigenvalue weighted by Crippen LogP contribution is 2.07. The molecule has 0 saturated heterocycles. The van der Waals surface area contributed by atoms with Crippen LogP contribution in [0.15, 0.2) is 59.6 Å². The molecular weight excluding hydrogens is 194 g/mol. The van der Waals surface area contributed by atoms with E-state index in [4.69, 9.17) is 4.99 Å². The minimum absolute atomic E-state index is 0.305. The van der Waals surface area contributed by atoms with Gasteiger partial charge in [-0.15, -0.1) is 0 Å². The van der Waals surface area contributed by atoms with Gasteiger partial charge in [0.1, 0.15) is 0 Å². The molecular formula is C15H13N. The van der Waals surface area contributed by atoms with E-state index in [0.29, 0.717) is 6.04 Å². The number of hydrogen-bond donors (Lipinski definition) is 0. The molecule has 78 valence electrons. The molecule has 0 amide bonds. The number of fused-ring (bicyclic) bond motifs is 1. The summed E-state index contributed by atoms with van der Waals surface area (Å²) >= 11 is 0. The summed E-state index contributed by atoms with van der Waals surface area (Å²) in [4.78, 5) is 4.69. The van der Waals surface area contributed by atoms with Gasteiger partial charge in [0.25, 0.3) is 0 Å². The van der Waals surface area contributed by atoms with Gasteiger partial charge in [-0.3, -0.25) is 4.99 Å². The van der Waals surface area contributed by atoms with E-state index in [-0.39, 0.29) is 0 Å². The predicted octanol–water partition coefficient (Wildman–Crippen LogP) is 1.71. The average Bonchev–Trinajstić information content (AvgIpc) is 2.72. The highest BCUT2D eigenvalue weighted by Gasteiger charge is 2.08. The van der Waals surface area contributed by atoms with Crippen LogP contribution in [0.1, 0.15) is 5.56 Å². The number of hydrogen-bond acceptors (Lipinski definition) is 1. The van der Waals surface area contributed by atoms with Crippen LogP contribution < -0.4 is 10.6 Å². The van der Waals surface area contributed by atoms with Crippen molar-refractivity contribution >= 4 is 6.08 Å². The Kier molecular flexibility index (Phi) is 2.30. The van der Waals surface area contributed by atoms with Crippen molar-refractivity contribution in [3.8, 4) is 0 Å². The third-order valence-corrected chi connectivity index (χ3v) is 2.90. The summed E-state index contributed by atoms with van der Waals surface area (Å²) in [5, 5.41) is 2.40. The molecule has 0 radical (unpaired) electrons. The Hall–Kier alpha value is -1.89. The molecule has 0 aromatic heterocycles. The summed E-state index contributed by atoms with van der Waals surface area (Å²) < 4.78 is 0. The van der Waals surface area contributed by atoms with E-state index in [1.807, 2.05) is 12.1 Å². The molecule has 1 heterocycles. The number of para-hydroxylation sites is 1. The van der Waals surface area contributed by atoms with Crippen molar-refractivity contribution < 1.29 is 0 Å². The highest BCUT2D eigenvalue weighted by molar-refractivity contribution is 5.36. The Morgan fingerprint density at radius 2 is 1.62 bits per heavy atom. The van der Waals surface area contributed by atoms with Crippen LogP contribution >= 0.6 is 0 Å². The average molecular weight is 207 g/mol. The second-order valence-electron chi connectivity index (χ2n) is 4.11. The summed E-state index contributed by atoms with van der Waals surface area (Å²) in [5.74, 6) is 0. The molecule has 16 heavy (non-hydrogen) atoms. The minimum atomic E-state index is 0.305. The van der Waals surface area contributed by atoms with Crippen molar-refractivity contribution in [3.63, 3.8) is 0 Å². The fourth-order valence-corrected chi connectivity index (χ4v) is 2.13. The van der Waals surface area contributed by atoms with Gasteiger partial charge in [-0.25, -0.2) is 0 Å². The molecule has 1 heteroatoms. The van der Waals surface area contributed by atoms with Crippen LogP contribution in [0.3, 0.4) is 0 Å². The third kappa shape index (κ3) is 1.76. The van der Waals surface area contributed by atoms with Gasteiger partial charge < -0.3 is 0 Å². The molecule has 0 N–H and O–H groups in total. The fourth-order valence-electron chi connectivity index (χ4n) is 2.13. The van der Waals surface area contributed by atoms with Gasteiger partial charge in [0.2, 0.25) is 0 Å². The van der Waals surface area contributed by atoms with Crippen LogP contribution in [-0.4, -0.2) is 6.04 Å². The molecule has 0 fully saturated rings. The predicted molar refractivity (Wildman–Crippen MR) is 65.6 cm³/mol. The Labute approximate surface area is 94.8 Å². The first-order valence-corrected chi connectivity index (χ1v) is 5.60. The van der Waals surface area contributed by atoms with Crippen LogP contribution in [0.4, 0.5) is 0 Å². The maximum atomic E-state index is 4.69. The lowest BCUT2D eigenvalue weighted by Gasteiger charge is -2.03. The van der Waals surface area contributed by atoms with Gasteiger partial charge in [0, 0.05) is 0 Å². The molecule has 0 spiro atoms. The van der Waals surface area contributed by atoms with Gasteiger partial charge in [-0.05, 0) is 23.3 Å². The summed E-state index contributed by atoms with van der Waals surface area (Å²) in [6.45, 7) is 0. The lowest BCUT2D eigenvalue weighted by atomic mass is 10.1. The van der Waals surface area contributed by atoms with Crippen molar-refractivity contribution in [1.82, 2.24) is 0 Å². The molecule has 1 aliphatic heterocycles. The first kappa shape index (κ1) is 9.34. The topological polar surface area (TPSA) is 12.4 Å². The second kappa shape index (κ2) is 3.93. The molecule has 0 saturated carbocycles. The molecule has 0 bridgehead atoms. The van der Waals surface area contributed by atoms with Crippen LogP contribution in [0.5, 0.6) is 0 Å². The second-order valence-corrected chi connectivity index (χ2v) is 4.11. The standard InChI is InChI=1S/C15H13N/c1-2-6-12(7-3-1)10-14-11-13-8-4-5-9-15(13)16-14/h1-9,11,14H,10H2. The molecule has 1 atom stereocenters. The molecule has 1 nitrogen and oxygen atoms in total. The van der Waals surface area contributed by atoms with E-state index in [0.717, 1.165) is 11.8 Å². The largest absolute Gasteiger partial charge is 0.277 e. The monoisotopic (exact) mass is 207 g/mol. The zero-order valence-electron chi connectivity index (χ0n) is 9.01. The minimum Gasteiger partial charge on any atom is -0.277 e. The molecule has 1 unspecified atom stereocenters. The van der Waals surface area contributed by atoms with Crippen molar-refractivity contribution in [3.05, 3.63) is 70.7 Å². The molecule has 3 rings (SSSR count). The van der Waals surface area contributed by atoms with Crippen LogP contribution in [0, 0.1) is 0 Å². The molecule has 0 aliphatic carbocycles. The lowest BCUT2D eigenvalue weighted by Crippen LogP contribution is -2.19. The van der Waals surface area contributed by atoms with Crippen molar-refractivity contribution in [1.29, 1.82) is 0 Å². The maximum Gasteiger partial charge on any atom is 0.0737 e. The van der Waals surface area contributed by atoms with Crippen LogP contribution in [0.25, 0.3) is 6.08 Å². The fraction of sp³-hybridized carbons (Fsp3) is 0.133. The SMILES string of the molecule is C1=c2ccccc2=NC1Cc1ccccc1. The van der Waals surface area contributed by atoms with E-state index in [1.165, 1.54) is 10.8 Å². The highest BCUT2D eigenvalue weighted by atomic mass is 14.8. The Bertz CT molecular complexity index is 564. The number of rotatable bonds is 2. The maximum absolute atomic E-state index is 4.69. The number of nitrogens with zero attached hydrogens (tertiary/aromatic N) is 1. The number of benzene rings is 2.